The quantitative estimate of drug-likeness (QED) is 0.456. The van der Waals surface area contributed by atoms with E-state index in [4.69, 9.17) is 11.6 Å². The number of alkyl halides is 4. The predicted octanol–water partition coefficient (Wildman–Crippen LogP) is 4.55. The lowest BCUT2D eigenvalue weighted by molar-refractivity contribution is -0.119. The van der Waals surface area contributed by atoms with E-state index in [1.54, 1.807) is 0 Å². The molecule has 2 aromatic rings. The Morgan fingerprint density at radius 3 is 2.16 bits per heavy atom. The number of thiophene rings is 1. The molecule has 0 fully saturated rings. The molecule has 1 atom stereocenters. The Balaban J connectivity index is 2.48. The van der Waals surface area contributed by atoms with Gasteiger partial charge in [0.15, 0.2) is 0 Å². The predicted molar refractivity (Wildman–Crippen MR) is 102 cm³/mol. The molecular formula is C17H16ClF4N3O5S. The van der Waals surface area contributed by atoms with Gasteiger partial charge in [0.1, 0.15) is 27.3 Å². The Bertz CT molecular complexity index is 1020. The minimum Gasteiger partial charge on any atom is -0.465 e. The van der Waals surface area contributed by atoms with Crippen LogP contribution in [0.5, 0.6) is 0 Å². The third kappa shape index (κ3) is 4.66. The van der Waals surface area contributed by atoms with Gasteiger partial charge in [0.05, 0.1) is 24.8 Å². The Labute approximate surface area is 182 Å². The second kappa shape index (κ2) is 9.64. The smallest absolute Gasteiger partial charge is 0.348 e. The number of methoxy groups -OCH3 is 2. The Kier molecular flexibility index (Phi) is 7.65. The number of hydrogen-bond donors (Lipinski definition) is 1. The van der Waals surface area contributed by atoms with Crippen LogP contribution in [-0.2, 0) is 14.3 Å². The van der Waals surface area contributed by atoms with Crippen molar-refractivity contribution in [2.75, 3.05) is 19.5 Å². The molecule has 1 unspecified atom stereocenters. The molecule has 14 heteroatoms. The molecule has 31 heavy (non-hydrogen) atoms. The van der Waals surface area contributed by atoms with Crippen molar-refractivity contribution in [3.05, 3.63) is 32.4 Å². The fourth-order valence-electron chi connectivity index (χ4n) is 2.64. The molecule has 0 saturated heterocycles. The zero-order chi connectivity index (χ0) is 23.6. The van der Waals surface area contributed by atoms with Gasteiger partial charge in [-0.15, -0.1) is 11.3 Å². The number of hydrogen-bond acceptors (Lipinski definition) is 7. The molecular weight excluding hydrogens is 470 g/mol. The molecule has 0 aliphatic heterocycles. The van der Waals surface area contributed by atoms with Crippen molar-refractivity contribution in [2.45, 2.75) is 32.7 Å². The number of carbonyl (C=O) groups is 3. The maximum Gasteiger partial charge on any atom is 0.348 e. The van der Waals surface area contributed by atoms with Crippen molar-refractivity contribution < 1.29 is 41.4 Å². The van der Waals surface area contributed by atoms with Crippen LogP contribution in [-0.4, -0.2) is 41.8 Å². The molecule has 170 valence electrons. The second-order valence-corrected chi connectivity index (χ2v) is 7.44. The minimum absolute atomic E-state index is 0.00115. The molecule has 0 saturated carbocycles. The van der Waals surface area contributed by atoms with Gasteiger partial charge < -0.3 is 14.8 Å². The topological polar surface area (TPSA) is 99.5 Å². The highest BCUT2D eigenvalue weighted by molar-refractivity contribution is 7.18. The third-order valence-electron chi connectivity index (χ3n) is 4.22. The van der Waals surface area contributed by atoms with Crippen LogP contribution < -0.4 is 5.32 Å². The summed E-state index contributed by atoms with van der Waals surface area (Å²) in [5, 5.41) is 4.62. The summed E-state index contributed by atoms with van der Waals surface area (Å²) in [5.74, 6) is -2.63. The molecule has 1 amide bonds. The SMILES string of the molecule is COC(=O)c1sc(NC(=O)C(C)n2nc(C(F)F)c(Cl)c2C(F)F)c(C(=O)OC)c1C. The van der Waals surface area contributed by atoms with Crippen LogP contribution in [0, 0.1) is 6.92 Å². The number of carbonyl (C=O) groups excluding carboxylic acids is 3. The number of amides is 1. The van der Waals surface area contributed by atoms with Crippen LogP contribution in [0.2, 0.25) is 5.02 Å². The Morgan fingerprint density at radius 1 is 1.10 bits per heavy atom. The number of anilines is 1. The van der Waals surface area contributed by atoms with Crippen LogP contribution in [0.25, 0.3) is 0 Å². The van der Waals surface area contributed by atoms with E-state index in [9.17, 15) is 31.9 Å². The second-order valence-electron chi connectivity index (χ2n) is 6.04. The van der Waals surface area contributed by atoms with E-state index < -0.39 is 53.1 Å². The number of nitrogens with one attached hydrogen (secondary N) is 1. The molecule has 0 aliphatic rings. The molecule has 2 rings (SSSR count). The largest absolute Gasteiger partial charge is 0.465 e. The first-order valence-electron chi connectivity index (χ1n) is 8.41. The van der Waals surface area contributed by atoms with Gasteiger partial charge in [-0.25, -0.2) is 31.8 Å². The van der Waals surface area contributed by atoms with E-state index in [0.29, 0.717) is 16.0 Å². The molecule has 2 heterocycles. The summed E-state index contributed by atoms with van der Waals surface area (Å²) in [4.78, 5) is 36.7. The molecule has 0 radical (unpaired) electrons. The molecule has 1 N–H and O–H groups in total. The first-order valence-corrected chi connectivity index (χ1v) is 9.60. The van der Waals surface area contributed by atoms with Crippen molar-refractivity contribution in [1.82, 2.24) is 9.78 Å². The van der Waals surface area contributed by atoms with E-state index >= 15 is 0 Å². The summed E-state index contributed by atoms with van der Waals surface area (Å²) in [6, 6.07) is -1.52. The monoisotopic (exact) mass is 485 g/mol. The highest BCUT2D eigenvalue weighted by atomic mass is 35.5. The third-order valence-corrected chi connectivity index (χ3v) is 5.79. The standard InChI is InChI=1S/C17H16ClF4N3O5S/c1-5-7(16(27)29-3)15(31-11(5)17(28)30-4)23-14(26)6(2)25-10(13(21)22)8(18)9(24-25)12(19)20/h6,12-13H,1-4H3,(H,23,26). The maximum absolute atomic E-state index is 13.4. The van der Waals surface area contributed by atoms with Crippen molar-refractivity contribution in [3.63, 3.8) is 0 Å². The van der Waals surface area contributed by atoms with Crippen LogP contribution in [0.15, 0.2) is 0 Å². The molecule has 2 aromatic heterocycles. The van der Waals surface area contributed by atoms with Crippen molar-refractivity contribution in [1.29, 1.82) is 0 Å². The highest BCUT2D eigenvalue weighted by Gasteiger charge is 2.33. The van der Waals surface area contributed by atoms with Gasteiger partial charge in [0, 0.05) is 0 Å². The Morgan fingerprint density at radius 2 is 1.68 bits per heavy atom. The number of esters is 2. The number of ether oxygens (including phenoxy) is 2. The number of halogens is 5. The van der Waals surface area contributed by atoms with Crippen molar-refractivity contribution in [3.8, 4) is 0 Å². The normalized spacial score (nSPS) is 12.2. The lowest BCUT2D eigenvalue weighted by atomic mass is 10.1. The summed E-state index contributed by atoms with van der Waals surface area (Å²) >= 11 is 6.30. The molecule has 0 aliphatic carbocycles. The van der Waals surface area contributed by atoms with Gasteiger partial charge in [0.2, 0.25) is 5.91 Å². The minimum atomic E-state index is -3.29. The van der Waals surface area contributed by atoms with E-state index in [1.807, 2.05) is 0 Å². The highest BCUT2D eigenvalue weighted by Crippen LogP contribution is 2.37. The van der Waals surface area contributed by atoms with Crippen LogP contribution in [0.1, 0.15) is 62.8 Å². The number of aromatic nitrogens is 2. The van der Waals surface area contributed by atoms with E-state index in [1.165, 1.54) is 6.92 Å². The zero-order valence-corrected chi connectivity index (χ0v) is 18.0. The van der Waals surface area contributed by atoms with Gasteiger partial charge >= 0.3 is 11.9 Å². The summed E-state index contributed by atoms with van der Waals surface area (Å²) in [6.45, 7) is 2.55. The van der Waals surface area contributed by atoms with E-state index in [2.05, 4.69) is 19.9 Å². The van der Waals surface area contributed by atoms with Gasteiger partial charge in [0.25, 0.3) is 12.9 Å². The first kappa shape index (κ1) is 24.6. The van der Waals surface area contributed by atoms with Gasteiger partial charge in [-0.3, -0.25) is 4.79 Å². The van der Waals surface area contributed by atoms with E-state index in [0.717, 1.165) is 21.1 Å². The van der Waals surface area contributed by atoms with Gasteiger partial charge in [-0.1, -0.05) is 11.6 Å². The van der Waals surface area contributed by atoms with E-state index in [-0.39, 0.29) is 21.0 Å². The Hall–Kier alpha value is -2.67. The summed E-state index contributed by atoms with van der Waals surface area (Å²) in [6.07, 6.45) is -6.53. The van der Waals surface area contributed by atoms with Crippen LogP contribution >= 0.6 is 22.9 Å². The zero-order valence-electron chi connectivity index (χ0n) is 16.5. The molecule has 0 spiro atoms. The molecule has 0 aromatic carbocycles. The van der Waals surface area contributed by atoms with Gasteiger partial charge in [-0.2, -0.15) is 5.10 Å². The average molecular weight is 486 g/mol. The fraction of sp³-hybridized carbons (Fsp3) is 0.412. The molecule has 8 nitrogen and oxygen atoms in total. The molecule has 0 bridgehead atoms. The maximum atomic E-state index is 13.4. The first-order chi connectivity index (χ1) is 14.5. The number of rotatable bonds is 7. The fourth-order valence-corrected chi connectivity index (χ4v) is 4.05. The van der Waals surface area contributed by atoms with Crippen molar-refractivity contribution >= 4 is 45.8 Å². The van der Waals surface area contributed by atoms with Crippen LogP contribution in [0.3, 0.4) is 0 Å². The van der Waals surface area contributed by atoms with Gasteiger partial charge in [-0.05, 0) is 19.4 Å². The lowest BCUT2D eigenvalue weighted by Crippen LogP contribution is -2.26. The average Bonchev–Trinajstić information content (AvgIpc) is 3.23. The summed E-state index contributed by atoms with van der Waals surface area (Å²) in [5.41, 5.74) is -2.12. The summed E-state index contributed by atoms with van der Waals surface area (Å²) in [7, 11) is 2.20. The lowest BCUT2D eigenvalue weighted by Gasteiger charge is -2.15. The van der Waals surface area contributed by atoms with Crippen LogP contribution in [0.4, 0.5) is 22.6 Å². The van der Waals surface area contributed by atoms with Crippen molar-refractivity contribution in [2.24, 2.45) is 0 Å². The number of nitrogens with zero attached hydrogens (tertiary/aromatic N) is 2. The summed E-state index contributed by atoms with van der Waals surface area (Å²) < 4.78 is 62.5.